The third-order valence-corrected chi connectivity index (χ3v) is 9.94. The number of rotatable bonds is 9. The summed E-state index contributed by atoms with van der Waals surface area (Å²) in [6.07, 6.45) is -0.165. The molecule has 0 spiro atoms. The van der Waals surface area contributed by atoms with Gasteiger partial charge in [0.1, 0.15) is 10.1 Å². The van der Waals surface area contributed by atoms with Crippen LogP contribution in [0, 0.1) is 39.0 Å². The van der Waals surface area contributed by atoms with Gasteiger partial charge in [-0.15, -0.1) is 5.10 Å². The number of hydrogen-bond acceptors (Lipinski definition) is 8. The standard InChI is InChI=1S/C36H32F3N7O3S.H3N/c1-21-22(2)26(18-32(23(21)3)50(47,48)49)8-6-15-41-35-43-34-33(27-7-5-9-28(17-27)36(37,38)39)24(4)30(20-45(34)44-35)31-14-16-42-46(31)29-12-10-25(19-40)11-13-29;/h5,7,9-14,16-18,20H,6,8,15H2,1-4H3,(H,41,44)(H,47,48,49);1H3. The van der Waals surface area contributed by atoms with E-state index in [0.717, 1.165) is 28.8 Å². The number of alkyl halides is 3. The van der Waals surface area contributed by atoms with Gasteiger partial charge in [-0.3, -0.25) is 0 Å². The van der Waals surface area contributed by atoms with Crippen LogP contribution in [0.4, 0.5) is 19.1 Å². The molecule has 3 aromatic heterocycles. The van der Waals surface area contributed by atoms with Gasteiger partial charge < -0.3 is 16.0 Å². The maximum atomic E-state index is 13.8. The average molecular weight is 717 g/mol. The van der Waals surface area contributed by atoms with Gasteiger partial charge in [-0.05, 0) is 122 Å². The Morgan fingerprint density at radius 3 is 2.35 bits per heavy atom. The molecule has 0 amide bonds. The number of anilines is 1. The van der Waals surface area contributed by atoms with Gasteiger partial charge in [0.15, 0.2) is 5.65 Å². The third kappa shape index (κ3) is 7.20. The summed E-state index contributed by atoms with van der Waals surface area (Å²) in [5.41, 5.74) is 6.28. The number of quaternary nitrogens is 1. The summed E-state index contributed by atoms with van der Waals surface area (Å²) >= 11 is 0. The summed E-state index contributed by atoms with van der Waals surface area (Å²) in [5, 5.41) is 21.5. The van der Waals surface area contributed by atoms with E-state index in [0.29, 0.717) is 69.8 Å². The Kier molecular flexibility index (Phi) is 10.1. The van der Waals surface area contributed by atoms with Gasteiger partial charge in [-0.2, -0.15) is 28.5 Å². The van der Waals surface area contributed by atoms with Crippen LogP contribution in [0.3, 0.4) is 0 Å². The van der Waals surface area contributed by atoms with Crippen molar-refractivity contribution in [3.63, 3.8) is 0 Å². The van der Waals surface area contributed by atoms with Crippen molar-refractivity contribution in [2.24, 2.45) is 0 Å². The smallest absolute Gasteiger partial charge is 0.416 e. The Balaban J connectivity index is 0.00000504. The first-order valence-electron chi connectivity index (χ1n) is 15.6. The van der Waals surface area contributed by atoms with Crippen molar-refractivity contribution >= 4 is 21.7 Å². The Morgan fingerprint density at radius 1 is 0.961 bits per heavy atom. The molecular weight excluding hydrogens is 682 g/mol. The molecule has 6 aromatic rings. The minimum atomic E-state index is -4.63. The molecule has 0 saturated heterocycles. The summed E-state index contributed by atoms with van der Waals surface area (Å²) in [4.78, 5) is 4.46. The maximum Gasteiger partial charge on any atom is 0.416 e. The van der Waals surface area contributed by atoms with Crippen molar-refractivity contribution in [2.75, 3.05) is 11.9 Å². The van der Waals surface area contributed by atoms with Crippen molar-refractivity contribution < 1.29 is 26.1 Å². The zero-order chi connectivity index (χ0) is 36.0. The number of aromatic nitrogens is 5. The fourth-order valence-electron chi connectivity index (χ4n) is 6.11. The van der Waals surface area contributed by atoms with E-state index in [1.54, 1.807) is 67.3 Å². The van der Waals surface area contributed by atoms with E-state index in [2.05, 4.69) is 26.6 Å². The first-order valence-corrected chi connectivity index (χ1v) is 17.0. The van der Waals surface area contributed by atoms with Crippen LogP contribution >= 0.6 is 0 Å². The SMILES string of the molecule is Cc1c(CCCNc2nc3c(-c4cccc(C(F)(F)F)c4)c(C)c(-c4ccnn4-c4ccc(C#N)cc4)cn3n2)cc(S(=O)(=O)[O-])c(C)c1C.[NH4+]. The van der Waals surface area contributed by atoms with E-state index in [4.69, 9.17) is 0 Å². The maximum absolute atomic E-state index is 13.8. The molecule has 0 radical (unpaired) electrons. The van der Waals surface area contributed by atoms with Crippen LogP contribution in [-0.2, 0) is 22.7 Å². The van der Waals surface area contributed by atoms with Gasteiger partial charge in [0.2, 0.25) is 5.95 Å². The topological polar surface area (TPSA) is 178 Å². The molecule has 0 aliphatic rings. The lowest BCUT2D eigenvalue weighted by Gasteiger charge is -2.18. The van der Waals surface area contributed by atoms with Crippen LogP contribution < -0.4 is 11.5 Å². The molecule has 264 valence electrons. The zero-order valence-corrected chi connectivity index (χ0v) is 29.3. The van der Waals surface area contributed by atoms with E-state index in [-0.39, 0.29) is 17.0 Å². The molecule has 3 heterocycles. The summed E-state index contributed by atoms with van der Waals surface area (Å²) in [5.74, 6) is 0.245. The normalized spacial score (nSPS) is 11.7. The molecule has 15 heteroatoms. The highest BCUT2D eigenvalue weighted by Crippen LogP contribution is 2.38. The summed E-state index contributed by atoms with van der Waals surface area (Å²) in [6, 6.07) is 17.2. The number of nitrogens with zero attached hydrogens (tertiary/aromatic N) is 6. The quantitative estimate of drug-likeness (QED) is 0.113. The molecule has 5 N–H and O–H groups in total. The highest BCUT2D eigenvalue weighted by molar-refractivity contribution is 7.85. The highest BCUT2D eigenvalue weighted by Gasteiger charge is 2.31. The number of nitrogens with one attached hydrogen (secondary N) is 1. The first-order chi connectivity index (χ1) is 23.7. The lowest BCUT2D eigenvalue weighted by molar-refractivity contribution is -0.137. The molecule has 0 bridgehead atoms. The third-order valence-electron chi connectivity index (χ3n) is 8.98. The number of nitriles is 1. The minimum absolute atomic E-state index is 0. The molecule has 6 rings (SSSR count). The lowest BCUT2D eigenvalue weighted by atomic mass is 9.95. The fourth-order valence-corrected chi connectivity index (χ4v) is 6.92. The van der Waals surface area contributed by atoms with Gasteiger partial charge >= 0.3 is 6.18 Å². The Labute approximate surface area is 292 Å². The van der Waals surface area contributed by atoms with E-state index in [1.807, 2.05) is 13.8 Å². The second-order valence-corrected chi connectivity index (χ2v) is 13.4. The monoisotopic (exact) mass is 716 g/mol. The second-order valence-electron chi connectivity index (χ2n) is 12.0. The second kappa shape index (κ2) is 14.0. The summed E-state index contributed by atoms with van der Waals surface area (Å²) in [6.45, 7) is 7.49. The van der Waals surface area contributed by atoms with Crippen LogP contribution in [0.25, 0.3) is 33.7 Å². The molecule has 51 heavy (non-hydrogen) atoms. The van der Waals surface area contributed by atoms with Crippen LogP contribution in [0.2, 0.25) is 0 Å². The molecule has 0 saturated carbocycles. The number of hydrogen-bond donors (Lipinski definition) is 2. The highest BCUT2D eigenvalue weighted by atomic mass is 32.2. The summed E-state index contributed by atoms with van der Waals surface area (Å²) in [7, 11) is -4.63. The molecule has 0 fully saturated rings. The van der Waals surface area contributed by atoms with Crippen molar-refractivity contribution in [2.45, 2.75) is 51.6 Å². The predicted octanol–water partition coefficient (Wildman–Crippen LogP) is 7.70. The average Bonchev–Trinajstić information content (AvgIpc) is 3.72. The number of aryl methyl sites for hydroxylation is 1. The fraction of sp³-hybridized carbons (Fsp3) is 0.222. The van der Waals surface area contributed by atoms with Crippen LogP contribution in [0.15, 0.2) is 78.0 Å². The molecule has 3 aromatic carbocycles. The molecule has 0 unspecified atom stereocenters. The molecule has 11 nitrogen and oxygen atoms in total. The van der Waals surface area contributed by atoms with Crippen molar-refractivity contribution in [1.82, 2.24) is 30.5 Å². The minimum Gasteiger partial charge on any atom is -0.744 e. The molecule has 0 aliphatic carbocycles. The van der Waals surface area contributed by atoms with E-state index >= 15 is 0 Å². The largest absolute Gasteiger partial charge is 0.744 e. The number of pyridine rings is 1. The Bertz CT molecular complexity index is 2410. The van der Waals surface area contributed by atoms with Crippen molar-refractivity contribution in [3.05, 3.63) is 112 Å². The van der Waals surface area contributed by atoms with Crippen LogP contribution in [0.5, 0.6) is 0 Å². The van der Waals surface area contributed by atoms with E-state index in [1.165, 1.54) is 16.6 Å². The molecule has 0 aliphatic heterocycles. The summed E-state index contributed by atoms with van der Waals surface area (Å²) < 4.78 is 80.2. The Morgan fingerprint density at radius 2 is 1.69 bits per heavy atom. The molecule has 0 atom stereocenters. The van der Waals surface area contributed by atoms with Gasteiger partial charge in [0.25, 0.3) is 0 Å². The van der Waals surface area contributed by atoms with Crippen LogP contribution in [-0.4, -0.2) is 43.9 Å². The molecular formula is C36H35F3N8O3S. The van der Waals surface area contributed by atoms with Gasteiger partial charge in [-0.25, -0.2) is 17.6 Å². The number of benzene rings is 3. The number of fused-ring (bicyclic) bond motifs is 1. The zero-order valence-electron chi connectivity index (χ0n) is 28.5. The van der Waals surface area contributed by atoms with Gasteiger partial charge in [0.05, 0.1) is 39.7 Å². The number of halogens is 3. The van der Waals surface area contributed by atoms with Crippen molar-refractivity contribution in [1.29, 1.82) is 5.26 Å². The predicted molar refractivity (Wildman–Crippen MR) is 187 cm³/mol. The first kappa shape index (κ1) is 36.7. The van der Waals surface area contributed by atoms with E-state index in [9.17, 15) is 31.4 Å². The van der Waals surface area contributed by atoms with Gasteiger partial charge in [-0.1, -0.05) is 12.1 Å². The van der Waals surface area contributed by atoms with Crippen LogP contribution in [0.1, 0.15) is 45.4 Å². The van der Waals surface area contributed by atoms with Crippen molar-refractivity contribution in [3.8, 4) is 34.1 Å². The van der Waals surface area contributed by atoms with E-state index < -0.39 is 21.9 Å². The van der Waals surface area contributed by atoms with Gasteiger partial charge in [0, 0.05) is 23.9 Å². The lowest BCUT2D eigenvalue weighted by Crippen LogP contribution is -2.09. The Hall–Kier alpha value is -5.56.